The highest BCUT2D eigenvalue weighted by Gasteiger charge is 2.39. The maximum absolute atomic E-state index is 10.5. The predicted octanol–water partition coefficient (Wildman–Crippen LogP) is 3.77. The van der Waals surface area contributed by atoms with Gasteiger partial charge in [0.15, 0.2) is 0 Å². The second-order valence-electron chi connectivity index (χ2n) is 7.17. The van der Waals surface area contributed by atoms with E-state index in [1.165, 1.54) is 0 Å². The SMILES string of the molecule is COc1ccc(C2=NC3(CCNCC3)N[C@@H](c3cc(Br)ccc3O)C2)cc1. The largest absolute Gasteiger partial charge is 0.508 e. The molecule has 2 aromatic carbocycles. The molecule has 0 unspecified atom stereocenters. The standard InChI is InChI=1S/C21H24BrN3O2/c1-27-16-5-2-14(3-6-16)18-13-19(17-12-15(22)4-7-20(17)26)25-21(24-18)8-10-23-11-9-21/h2-7,12,19,23,25-26H,8-11,13H2,1H3/t19-/m1/s1. The molecule has 3 N–H and O–H groups in total. The highest BCUT2D eigenvalue weighted by molar-refractivity contribution is 9.10. The lowest BCUT2D eigenvalue weighted by molar-refractivity contribution is 0.216. The van der Waals surface area contributed by atoms with Crippen LogP contribution < -0.4 is 15.4 Å². The van der Waals surface area contributed by atoms with Gasteiger partial charge in [0.2, 0.25) is 0 Å². The molecule has 142 valence electrons. The fraction of sp³-hybridized carbons (Fsp3) is 0.381. The summed E-state index contributed by atoms with van der Waals surface area (Å²) in [7, 11) is 1.67. The Morgan fingerprint density at radius 2 is 1.89 bits per heavy atom. The summed E-state index contributed by atoms with van der Waals surface area (Å²) in [6.45, 7) is 1.87. The molecule has 5 nitrogen and oxygen atoms in total. The molecule has 4 rings (SSSR count). The number of nitrogens with zero attached hydrogens (tertiary/aromatic N) is 1. The van der Waals surface area contributed by atoms with Crippen molar-refractivity contribution in [2.24, 2.45) is 4.99 Å². The maximum atomic E-state index is 10.5. The van der Waals surface area contributed by atoms with Gasteiger partial charge in [0, 0.05) is 28.2 Å². The first-order chi connectivity index (χ1) is 13.1. The second-order valence-corrected chi connectivity index (χ2v) is 8.09. The van der Waals surface area contributed by atoms with Crippen LogP contribution in [0.15, 0.2) is 51.9 Å². The molecule has 2 aliphatic heterocycles. The molecule has 1 atom stereocenters. The highest BCUT2D eigenvalue weighted by atomic mass is 79.9. The van der Waals surface area contributed by atoms with Gasteiger partial charge in [-0.25, -0.2) is 0 Å². The Bertz CT molecular complexity index is 845. The molecule has 0 bridgehead atoms. The van der Waals surface area contributed by atoms with Gasteiger partial charge in [0.25, 0.3) is 0 Å². The van der Waals surface area contributed by atoms with Gasteiger partial charge in [-0.3, -0.25) is 10.3 Å². The zero-order valence-electron chi connectivity index (χ0n) is 15.3. The van der Waals surface area contributed by atoms with Crippen LogP contribution in [-0.4, -0.2) is 36.7 Å². The molecule has 0 radical (unpaired) electrons. The third kappa shape index (κ3) is 3.88. The Balaban J connectivity index is 1.73. The molecule has 27 heavy (non-hydrogen) atoms. The van der Waals surface area contributed by atoms with Crippen molar-refractivity contribution in [3.8, 4) is 11.5 Å². The van der Waals surface area contributed by atoms with E-state index in [4.69, 9.17) is 9.73 Å². The lowest BCUT2D eigenvalue weighted by Crippen LogP contribution is -2.55. The Morgan fingerprint density at radius 1 is 1.15 bits per heavy atom. The highest BCUT2D eigenvalue weighted by Crippen LogP contribution is 2.37. The molecule has 1 fully saturated rings. The Hall–Kier alpha value is -1.89. The number of hydrogen-bond acceptors (Lipinski definition) is 5. The van der Waals surface area contributed by atoms with Crippen LogP contribution in [-0.2, 0) is 0 Å². The Morgan fingerprint density at radius 3 is 2.59 bits per heavy atom. The number of piperidine rings is 1. The summed E-state index contributed by atoms with van der Waals surface area (Å²) in [5, 5.41) is 17.6. The van der Waals surface area contributed by atoms with Gasteiger partial charge in [-0.1, -0.05) is 15.9 Å². The van der Waals surface area contributed by atoms with Crippen molar-refractivity contribution in [2.75, 3.05) is 20.2 Å². The molecule has 1 saturated heterocycles. The van der Waals surface area contributed by atoms with Crippen LogP contribution in [0.1, 0.15) is 36.4 Å². The average Bonchev–Trinajstić information content (AvgIpc) is 2.70. The lowest BCUT2D eigenvalue weighted by atomic mass is 9.88. The molecule has 0 aliphatic carbocycles. The van der Waals surface area contributed by atoms with E-state index in [-0.39, 0.29) is 11.7 Å². The van der Waals surface area contributed by atoms with E-state index < -0.39 is 0 Å². The fourth-order valence-electron chi connectivity index (χ4n) is 3.96. The van der Waals surface area contributed by atoms with Gasteiger partial charge >= 0.3 is 0 Å². The number of methoxy groups -OCH3 is 1. The van der Waals surface area contributed by atoms with Gasteiger partial charge in [-0.05, 0) is 74.0 Å². The Kier molecular flexibility index (Phi) is 5.21. The fourth-order valence-corrected chi connectivity index (χ4v) is 4.34. The van der Waals surface area contributed by atoms with Crippen LogP contribution in [0, 0.1) is 0 Å². The topological polar surface area (TPSA) is 65.9 Å². The monoisotopic (exact) mass is 429 g/mol. The van der Waals surface area contributed by atoms with E-state index in [1.807, 2.05) is 24.3 Å². The zero-order chi connectivity index (χ0) is 18.9. The first-order valence-electron chi connectivity index (χ1n) is 9.28. The predicted molar refractivity (Wildman–Crippen MR) is 111 cm³/mol. The Labute approximate surface area is 168 Å². The van der Waals surface area contributed by atoms with Crippen molar-refractivity contribution in [3.63, 3.8) is 0 Å². The summed E-state index contributed by atoms with van der Waals surface area (Å²) in [5.41, 5.74) is 2.79. The third-order valence-corrected chi connectivity index (χ3v) is 5.90. The number of nitrogens with one attached hydrogen (secondary N) is 2. The normalized spacial score (nSPS) is 21.7. The van der Waals surface area contributed by atoms with E-state index in [0.717, 1.165) is 59.4 Å². The van der Waals surface area contributed by atoms with E-state index in [1.54, 1.807) is 13.2 Å². The number of ether oxygens (including phenoxy) is 1. The number of phenolic OH excluding ortho intramolecular Hbond substituents is 1. The summed E-state index contributed by atoms with van der Waals surface area (Å²) in [6, 6.07) is 13.7. The summed E-state index contributed by atoms with van der Waals surface area (Å²) in [6.07, 6.45) is 2.58. The minimum atomic E-state index is -0.293. The molecule has 6 heteroatoms. The molecule has 2 aromatic rings. The number of phenols is 1. The number of aromatic hydroxyl groups is 1. The van der Waals surface area contributed by atoms with E-state index in [2.05, 4.69) is 38.7 Å². The summed E-state index contributed by atoms with van der Waals surface area (Å²) < 4.78 is 6.25. The van der Waals surface area contributed by atoms with Gasteiger partial charge in [-0.2, -0.15) is 0 Å². The summed E-state index contributed by atoms with van der Waals surface area (Å²) in [5.74, 6) is 1.15. The molecule has 2 heterocycles. The minimum absolute atomic E-state index is 0.00945. The molecule has 2 aliphatic rings. The number of benzene rings is 2. The third-order valence-electron chi connectivity index (χ3n) is 5.41. The lowest BCUT2D eigenvalue weighted by Gasteiger charge is -2.42. The smallest absolute Gasteiger partial charge is 0.120 e. The first kappa shape index (κ1) is 18.5. The van der Waals surface area contributed by atoms with Crippen LogP contribution in [0.3, 0.4) is 0 Å². The van der Waals surface area contributed by atoms with Crippen molar-refractivity contribution < 1.29 is 9.84 Å². The zero-order valence-corrected chi connectivity index (χ0v) is 16.9. The van der Waals surface area contributed by atoms with Crippen LogP contribution in [0.25, 0.3) is 0 Å². The van der Waals surface area contributed by atoms with Crippen molar-refractivity contribution in [1.82, 2.24) is 10.6 Å². The molecule has 0 amide bonds. The minimum Gasteiger partial charge on any atom is -0.508 e. The molecular weight excluding hydrogens is 406 g/mol. The van der Waals surface area contributed by atoms with Crippen molar-refractivity contribution >= 4 is 21.6 Å². The van der Waals surface area contributed by atoms with Crippen molar-refractivity contribution in [1.29, 1.82) is 0 Å². The van der Waals surface area contributed by atoms with Gasteiger partial charge < -0.3 is 15.2 Å². The molecule has 0 aromatic heterocycles. The molecule has 1 spiro atoms. The van der Waals surface area contributed by atoms with Crippen molar-refractivity contribution in [2.45, 2.75) is 31.0 Å². The van der Waals surface area contributed by atoms with Crippen LogP contribution in [0.4, 0.5) is 0 Å². The van der Waals surface area contributed by atoms with Crippen LogP contribution in [0.2, 0.25) is 0 Å². The van der Waals surface area contributed by atoms with Gasteiger partial charge in [0.05, 0.1) is 7.11 Å². The molecular formula is C21H24BrN3O2. The number of hydrogen-bond donors (Lipinski definition) is 3. The summed E-state index contributed by atoms with van der Waals surface area (Å²) in [4.78, 5) is 5.16. The van der Waals surface area contributed by atoms with E-state index >= 15 is 0 Å². The van der Waals surface area contributed by atoms with Crippen LogP contribution in [0.5, 0.6) is 11.5 Å². The first-order valence-corrected chi connectivity index (χ1v) is 10.1. The van der Waals surface area contributed by atoms with E-state index in [9.17, 15) is 5.11 Å². The van der Waals surface area contributed by atoms with Gasteiger partial charge in [-0.15, -0.1) is 0 Å². The maximum Gasteiger partial charge on any atom is 0.120 e. The van der Waals surface area contributed by atoms with E-state index in [0.29, 0.717) is 5.75 Å². The van der Waals surface area contributed by atoms with Gasteiger partial charge in [0.1, 0.15) is 17.2 Å². The molecule has 0 saturated carbocycles. The van der Waals surface area contributed by atoms with Crippen molar-refractivity contribution in [3.05, 3.63) is 58.1 Å². The number of aliphatic imine (C=N–C) groups is 1. The quantitative estimate of drug-likeness (QED) is 0.694. The average molecular weight is 430 g/mol. The number of rotatable bonds is 3. The van der Waals surface area contributed by atoms with Crippen LogP contribution >= 0.6 is 15.9 Å². The summed E-state index contributed by atoms with van der Waals surface area (Å²) >= 11 is 3.53. The second kappa shape index (κ2) is 7.62. The number of halogens is 1.